The van der Waals surface area contributed by atoms with Gasteiger partial charge in [-0.25, -0.2) is 0 Å². The van der Waals surface area contributed by atoms with Crippen LogP contribution in [0.3, 0.4) is 0 Å². The Morgan fingerprint density at radius 1 is 1.60 bits per heavy atom. The van der Waals surface area contributed by atoms with Gasteiger partial charge in [0.25, 0.3) is 0 Å². The van der Waals surface area contributed by atoms with Gasteiger partial charge in [-0.3, -0.25) is 4.99 Å². The van der Waals surface area contributed by atoms with Crippen molar-refractivity contribution in [3.63, 3.8) is 0 Å². The number of rotatable bonds is 3. The zero-order valence-electron chi connectivity index (χ0n) is 8.21. The van der Waals surface area contributed by atoms with Crippen LogP contribution in [-0.2, 0) is 4.74 Å². The zero-order chi connectivity index (χ0) is 11.5. The van der Waals surface area contributed by atoms with Crippen molar-refractivity contribution < 1.29 is 17.9 Å². The standard InChI is InChI=1S/C8H11F3N2OS/c1-14-6(8(9,10)11)5-3-12-7(15-2)13-4-5/h3-4,6-7,12H,1-2H3. The third-order valence-corrected chi connectivity index (χ3v) is 2.51. The van der Waals surface area contributed by atoms with Gasteiger partial charge in [0.1, 0.15) is 0 Å². The summed E-state index contributed by atoms with van der Waals surface area (Å²) in [4.78, 5) is 3.89. The van der Waals surface area contributed by atoms with Gasteiger partial charge in [-0.2, -0.15) is 13.2 Å². The molecule has 3 nitrogen and oxygen atoms in total. The van der Waals surface area contributed by atoms with Crippen LogP contribution in [0.25, 0.3) is 0 Å². The molecule has 15 heavy (non-hydrogen) atoms. The van der Waals surface area contributed by atoms with Crippen LogP contribution in [0.4, 0.5) is 13.2 Å². The van der Waals surface area contributed by atoms with Crippen molar-refractivity contribution in [3.05, 3.63) is 11.8 Å². The minimum Gasteiger partial charge on any atom is -0.367 e. The number of nitrogens with one attached hydrogen (secondary N) is 1. The lowest BCUT2D eigenvalue weighted by Crippen LogP contribution is -2.36. The highest BCUT2D eigenvalue weighted by Crippen LogP contribution is 2.28. The second kappa shape index (κ2) is 4.89. The Bertz CT molecular complexity index is 278. The Kier molecular flexibility index (Phi) is 4.04. The average Bonchev–Trinajstić information content (AvgIpc) is 2.18. The van der Waals surface area contributed by atoms with Crippen LogP contribution < -0.4 is 5.32 Å². The van der Waals surface area contributed by atoms with E-state index in [-0.39, 0.29) is 11.1 Å². The summed E-state index contributed by atoms with van der Waals surface area (Å²) in [6.45, 7) is 0. The molecule has 2 atom stereocenters. The van der Waals surface area contributed by atoms with Crippen LogP contribution in [0.5, 0.6) is 0 Å². The summed E-state index contributed by atoms with van der Waals surface area (Å²) in [5, 5.41) is 2.73. The maximum Gasteiger partial charge on any atom is 0.418 e. The molecule has 0 aromatic rings. The first-order valence-electron chi connectivity index (χ1n) is 4.10. The molecule has 2 unspecified atom stereocenters. The van der Waals surface area contributed by atoms with E-state index in [1.807, 2.05) is 6.26 Å². The van der Waals surface area contributed by atoms with E-state index in [0.29, 0.717) is 0 Å². The van der Waals surface area contributed by atoms with Crippen LogP contribution >= 0.6 is 11.8 Å². The van der Waals surface area contributed by atoms with Gasteiger partial charge in [0.2, 0.25) is 0 Å². The van der Waals surface area contributed by atoms with E-state index >= 15 is 0 Å². The third-order valence-electron chi connectivity index (χ3n) is 1.81. The van der Waals surface area contributed by atoms with Crippen molar-refractivity contribution >= 4 is 18.0 Å². The fourth-order valence-corrected chi connectivity index (χ4v) is 1.52. The first kappa shape index (κ1) is 12.4. The Labute approximate surface area is 89.8 Å². The maximum atomic E-state index is 12.4. The van der Waals surface area contributed by atoms with E-state index < -0.39 is 12.3 Å². The molecule has 0 aliphatic carbocycles. The van der Waals surface area contributed by atoms with Crippen LogP contribution in [0.2, 0.25) is 0 Å². The lowest BCUT2D eigenvalue weighted by Gasteiger charge is -2.23. The van der Waals surface area contributed by atoms with E-state index in [9.17, 15) is 13.2 Å². The van der Waals surface area contributed by atoms with Gasteiger partial charge in [-0.1, -0.05) is 0 Å². The molecule has 0 bridgehead atoms. The molecule has 86 valence electrons. The molecule has 0 aromatic carbocycles. The van der Waals surface area contributed by atoms with Gasteiger partial charge in [0.05, 0.1) is 0 Å². The van der Waals surface area contributed by atoms with Crippen LogP contribution in [-0.4, -0.2) is 37.4 Å². The second-order valence-electron chi connectivity index (χ2n) is 2.83. The Hall–Kier alpha value is -0.690. The molecular formula is C8H11F3N2OS. The minimum absolute atomic E-state index is 0.0182. The van der Waals surface area contributed by atoms with Crippen LogP contribution in [0.15, 0.2) is 16.8 Å². The molecular weight excluding hydrogens is 229 g/mol. The molecule has 0 fully saturated rings. The number of methoxy groups -OCH3 is 1. The summed E-state index contributed by atoms with van der Waals surface area (Å²) in [6.07, 6.45) is -2.04. The molecule has 1 heterocycles. The Balaban J connectivity index is 2.73. The minimum atomic E-state index is -4.42. The number of ether oxygens (including phenoxy) is 1. The highest BCUT2D eigenvalue weighted by atomic mass is 32.2. The molecule has 0 radical (unpaired) electrons. The normalized spacial score (nSPS) is 23.3. The first-order chi connectivity index (χ1) is 6.99. The summed E-state index contributed by atoms with van der Waals surface area (Å²) < 4.78 is 41.7. The van der Waals surface area contributed by atoms with Crippen LogP contribution in [0, 0.1) is 0 Å². The smallest absolute Gasteiger partial charge is 0.367 e. The quantitative estimate of drug-likeness (QED) is 0.816. The molecule has 1 rings (SSSR count). The van der Waals surface area contributed by atoms with E-state index in [1.54, 1.807) is 0 Å². The van der Waals surface area contributed by atoms with Gasteiger partial charge in [0.15, 0.2) is 11.6 Å². The molecule has 0 saturated heterocycles. The average molecular weight is 240 g/mol. The molecule has 1 N–H and O–H groups in total. The third kappa shape index (κ3) is 3.13. The van der Waals surface area contributed by atoms with Gasteiger partial charge in [0, 0.05) is 25.1 Å². The topological polar surface area (TPSA) is 33.6 Å². The lowest BCUT2D eigenvalue weighted by atomic mass is 10.1. The first-order valence-corrected chi connectivity index (χ1v) is 5.39. The number of hydrogen-bond acceptors (Lipinski definition) is 4. The number of nitrogens with zero attached hydrogens (tertiary/aromatic N) is 1. The summed E-state index contributed by atoms with van der Waals surface area (Å²) >= 11 is 1.40. The van der Waals surface area contributed by atoms with Crippen molar-refractivity contribution in [3.8, 4) is 0 Å². The summed E-state index contributed by atoms with van der Waals surface area (Å²) in [5.41, 5.74) is -0.241. The molecule has 0 spiro atoms. The predicted molar refractivity (Wildman–Crippen MR) is 53.9 cm³/mol. The fourth-order valence-electron chi connectivity index (χ4n) is 1.13. The monoisotopic (exact) mass is 240 g/mol. The Morgan fingerprint density at radius 2 is 2.27 bits per heavy atom. The number of alkyl halides is 3. The molecule has 0 amide bonds. The predicted octanol–water partition coefficient (Wildman–Crippen LogP) is 1.77. The SMILES string of the molecule is COC(C1=CNC(SC)N=C1)C(F)(F)F. The lowest BCUT2D eigenvalue weighted by molar-refractivity contribution is -0.198. The number of aliphatic imine (C=N–C) groups is 1. The highest BCUT2D eigenvalue weighted by molar-refractivity contribution is 7.99. The van der Waals surface area contributed by atoms with E-state index in [0.717, 1.165) is 7.11 Å². The van der Waals surface area contributed by atoms with E-state index in [1.165, 1.54) is 24.2 Å². The molecule has 0 saturated carbocycles. The largest absolute Gasteiger partial charge is 0.418 e. The van der Waals surface area contributed by atoms with Crippen molar-refractivity contribution in [2.45, 2.75) is 17.8 Å². The van der Waals surface area contributed by atoms with E-state index in [4.69, 9.17) is 0 Å². The molecule has 0 aromatic heterocycles. The molecule has 1 aliphatic heterocycles. The highest BCUT2D eigenvalue weighted by Gasteiger charge is 2.42. The zero-order valence-corrected chi connectivity index (χ0v) is 9.02. The fraction of sp³-hybridized carbons (Fsp3) is 0.625. The number of thioether (sulfide) groups is 1. The van der Waals surface area contributed by atoms with Crippen molar-refractivity contribution in [2.75, 3.05) is 13.4 Å². The summed E-state index contributed by atoms with van der Waals surface area (Å²) in [5.74, 6) is 0. The molecule has 1 aliphatic rings. The number of halogens is 3. The number of hydrogen-bond donors (Lipinski definition) is 1. The van der Waals surface area contributed by atoms with Crippen molar-refractivity contribution in [2.24, 2.45) is 4.99 Å². The van der Waals surface area contributed by atoms with Crippen molar-refractivity contribution in [1.82, 2.24) is 5.32 Å². The van der Waals surface area contributed by atoms with Crippen LogP contribution in [0.1, 0.15) is 0 Å². The molecule has 7 heteroatoms. The van der Waals surface area contributed by atoms with Gasteiger partial charge in [-0.05, 0) is 6.26 Å². The van der Waals surface area contributed by atoms with Crippen molar-refractivity contribution in [1.29, 1.82) is 0 Å². The second-order valence-corrected chi connectivity index (χ2v) is 3.75. The van der Waals surface area contributed by atoms with Gasteiger partial charge >= 0.3 is 6.18 Å². The van der Waals surface area contributed by atoms with Gasteiger partial charge in [-0.15, -0.1) is 11.8 Å². The maximum absolute atomic E-state index is 12.4. The summed E-state index contributed by atoms with van der Waals surface area (Å²) in [6, 6.07) is 0. The van der Waals surface area contributed by atoms with Gasteiger partial charge < -0.3 is 10.1 Å². The summed E-state index contributed by atoms with van der Waals surface area (Å²) in [7, 11) is 1.02. The Morgan fingerprint density at radius 3 is 2.60 bits per heavy atom. The van der Waals surface area contributed by atoms with E-state index in [2.05, 4.69) is 15.0 Å².